The number of benzene rings is 1. The summed E-state index contributed by atoms with van der Waals surface area (Å²) < 4.78 is 39.7. The summed E-state index contributed by atoms with van der Waals surface area (Å²) in [6, 6.07) is 2.23. The third-order valence-corrected chi connectivity index (χ3v) is 4.78. The molecule has 0 aromatic heterocycles. The number of hydrogen-bond acceptors (Lipinski definition) is 3. The molecule has 4 nitrogen and oxygen atoms in total. The zero-order valence-corrected chi connectivity index (χ0v) is 13.4. The Labute approximate surface area is 127 Å². The Balaban J connectivity index is 2.87. The van der Waals surface area contributed by atoms with Gasteiger partial charge in [-0.3, -0.25) is 0 Å². The van der Waals surface area contributed by atoms with Crippen molar-refractivity contribution in [3.63, 3.8) is 0 Å². The smallest absolute Gasteiger partial charge is 0.242 e. The molecule has 1 aromatic rings. The Kier molecular flexibility index (Phi) is 6.22. The summed E-state index contributed by atoms with van der Waals surface area (Å²) in [6.07, 6.45) is -0.369. The predicted molar refractivity (Wildman–Crippen MR) is 77.1 cm³/mol. The van der Waals surface area contributed by atoms with Crippen LogP contribution in [0.25, 0.3) is 0 Å². The fraction of sp³-hybridized carbons (Fsp3) is 0.500. The third-order valence-electron chi connectivity index (χ3n) is 2.54. The van der Waals surface area contributed by atoms with Crippen molar-refractivity contribution in [1.29, 1.82) is 0 Å². The number of aliphatic hydroxyl groups excluding tert-OH is 1. The first-order valence-electron chi connectivity index (χ1n) is 5.96. The molecule has 114 valence electrons. The van der Waals surface area contributed by atoms with Crippen molar-refractivity contribution in [1.82, 2.24) is 4.72 Å². The highest BCUT2D eigenvalue weighted by atomic mass is 35.5. The van der Waals surface area contributed by atoms with E-state index in [9.17, 15) is 17.9 Å². The SMILES string of the molecule is CC(C)CC(O)CNS(=O)(=O)c1ccc(Cl)c(F)c1Cl. The average molecular weight is 344 g/mol. The Morgan fingerprint density at radius 3 is 2.50 bits per heavy atom. The molecule has 0 spiro atoms. The van der Waals surface area contributed by atoms with E-state index in [1.807, 2.05) is 13.8 Å². The Hall–Kier alpha value is -0.400. The number of aliphatic hydroxyl groups is 1. The van der Waals surface area contributed by atoms with Gasteiger partial charge < -0.3 is 5.11 Å². The minimum absolute atomic E-state index is 0.166. The summed E-state index contributed by atoms with van der Waals surface area (Å²) in [4.78, 5) is -0.405. The minimum Gasteiger partial charge on any atom is -0.392 e. The van der Waals surface area contributed by atoms with Crippen LogP contribution in [0.2, 0.25) is 10.0 Å². The van der Waals surface area contributed by atoms with Crippen LogP contribution in [0.5, 0.6) is 0 Å². The van der Waals surface area contributed by atoms with Crippen molar-refractivity contribution in [2.75, 3.05) is 6.54 Å². The molecule has 0 saturated carbocycles. The molecular weight excluding hydrogens is 328 g/mol. The van der Waals surface area contributed by atoms with Crippen molar-refractivity contribution in [3.8, 4) is 0 Å². The Morgan fingerprint density at radius 1 is 1.35 bits per heavy atom. The normalized spacial score (nSPS) is 13.8. The van der Waals surface area contributed by atoms with Crippen LogP contribution < -0.4 is 4.72 Å². The summed E-state index contributed by atoms with van der Waals surface area (Å²) in [5.41, 5.74) is 0. The van der Waals surface area contributed by atoms with Crippen LogP contribution in [0.3, 0.4) is 0 Å². The van der Waals surface area contributed by atoms with Crippen molar-refractivity contribution in [3.05, 3.63) is 28.0 Å². The van der Waals surface area contributed by atoms with E-state index < -0.39 is 31.9 Å². The second kappa shape index (κ2) is 7.04. The van der Waals surface area contributed by atoms with Crippen LogP contribution in [0.1, 0.15) is 20.3 Å². The van der Waals surface area contributed by atoms with Crippen molar-refractivity contribution in [2.24, 2.45) is 5.92 Å². The molecule has 1 unspecified atom stereocenters. The number of hydrogen-bond donors (Lipinski definition) is 2. The second-order valence-electron chi connectivity index (χ2n) is 4.81. The lowest BCUT2D eigenvalue weighted by Gasteiger charge is -2.14. The maximum absolute atomic E-state index is 13.5. The van der Waals surface area contributed by atoms with Crippen LogP contribution in [-0.2, 0) is 10.0 Å². The molecule has 2 N–H and O–H groups in total. The average Bonchev–Trinajstić information content (AvgIpc) is 2.32. The van der Waals surface area contributed by atoms with Crippen molar-refractivity contribution in [2.45, 2.75) is 31.3 Å². The van der Waals surface area contributed by atoms with Gasteiger partial charge in [0.2, 0.25) is 10.0 Å². The molecule has 1 rings (SSSR count). The van der Waals surface area contributed by atoms with E-state index in [1.165, 1.54) is 0 Å². The van der Waals surface area contributed by atoms with Gasteiger partial charge in [-0.15, -0.1) is 0 Å². The molecule has 8 heteroatoms. The zero-order valence-electron chi connectivity index (χ0n) is 11.0. The van der Waals surface area contributed by atoms with Gasteiger partial charge in [-0.05, 0) is 24.5 Å². The first-order chi connectivity index (χ1) is 9.15. The molecule has 0 heterocycles. The largest absolute Gasteiger partial charge is 0.392 e. The van der Waals surface area contributed by atoms with Gasteiger partial charge in [0.25, 0.3) is 0 Å². The summed E-state index contributed by atoms with van der Waals surface area (Å²) in [5.74, 6) is -0.759. The van der Waals surface area contributed by atoms with Crippen LogP contribution >= 0.6 is 23.2 Å². The highest BCUT2D eigenvalue weighted by Crippen LogP contribution is 2.29. The molecule has 1 aromatic carbocycles. The van der Waals surface area contributed by atoms with Crippen LogP contribution in [0.15, 0.2) is 17.0 Å². The maximum Gasteiger partial charge on any atom is 0.242 e. The number of sulfonamides is 1. The topological polar surface area (TPSA) is 66.4 Å². The van der Waals surface area contributed by atoms with Crippen molar-refractivity contribution >= 4 is 33.2 Å². The Morgan fingerprint density at radius 2 is 1.95 bits per heavy atom. The number of rotatable bonds is 6. The first kappa shape index (κ1) is 17.7. The molecule has 0 aliphatic carbocycles. The molecule has 0 saturated heterocycles. The van der Waals surface area contributed by atoms with E-state index in [2.05, 4.69) is 4.72 Å². The van der Waals surface area contributed by atoms with Gasteiger partial charge in [-0.1, -0.05) is 37.0 Å². The monoisotopic (exact) mass is 343 g/mol. The third kappa shape index (κ3) is 4.56. The van der Waals surface area contributed by atoms with Gasteiger partial charge in [0.15, 0.2) is 5.82 Å². The second-order valence-corrected chi connectivity index (χ2v) is 7.33. The van der Waals surface area contributed by atoms with E-state index in [1.54, 1.807) is 0 Å². The summed E-state index contributed by atoms with van der Waals surface area (Å²) in [7, 11) is -4.00. The lowest BCUT2D eigenvalue weighted by atomic mass is 10.1. The summed E-state index contributed by atoms with van der Waals surface area (Å²) >= 11 is 11.1. The lowest BCUT2D eigenvalue weighted by molar-refractivity contribution is 0.152. The fourth-order valence-corrected chi connectivity index (χ4v) is 3.44. The zero-order chi connectivity index (χ0) is 15.5. The number of halogens is 3. The van der Waals surface area contributed by atoms with Gasteiger partial charge in [0, 0.05) is 6.54 Å². The van der Waals surface area contributed by atoms with Crippen LogP contribution in [-0.4, -0.2) is 26.2 Å². The van der Waals surface area contributed by atoms with E-state index in [4.69, 9.17) is 23.2 Å². The highest BCUT2D eigenvalue weighted by Gasteiger charge is 2.22. The molecule has 1 atom stereocenters. The van der Waals surface area contributed by atoms with E-state index in [0.717, 1.165) is 12.1 Å². The van der Waals surface area contributed by atoms with E-state index in [0.29, 0.717) is 6.42 Å². The van der Waals surface area contributed by atoms with Gasteiger partial charge in [0.05, 0.1) is 16.1 Å². The Bertz CT molecular complexity index is 578. The minimum atomic E-state index is -4.00. The molecule has 20 heavy (non-hydrogen) atoms. The molecule has 0 amide bonds. The number of nitrogens with one attached hydrogen (secondary N) is 1. The molecule has 0 aliphatic heterocycles. The van der Waals surface area contributed by atoms with E-state index in [-0.39, 0.29) is 17.5 Å². The predicted octanol–water partition coefficient (Wildman–Crippen LogP) is 2.82. The first-order valence-corrected chi connectivity index (χ1v) is 8.20. The molecule has 0 aliphatic rings. The summed E-state index contributed by atoms with van der Waals surface area (Å²) in [5, 5.41) is 8.82. The van der Waals surface area contributed by atoms with Gasteiger partial charge in [-0.2, -0.15) is 0 Å². The highest BCUT2D eigenvalue weighted by molar-refractivity contribution is 7.89. The lowest BCUT2D eigenvalue weighted by Crippen LogP contribution is -2.33. The standard InChI is InChI=1S/C12H16Cl2FNO3S/c1-7(2)5-8(17)6-16-20(18,19)10-4-3-9(13)12(15)11(10)14/h3-4,7-8,16-17H,5-6H2,1-2H3. The maximum atomic E-state index is 13.5. The fourth-order valence-electron chi connectivity index (χ4n) is 1.63. The quantitative estimate of drug-likeness (QED) is 0.780. The van der Waals surface area contributed by atoms with Crippen molar-refractivity contribution < 1.29 is 17.9 Å². The molecule has 0 radical (unpaired) electrons. The molecule has 0 fully saturated rings. The van der Waals surface area contributed by atoms with Gasteiger partial charge >= 0.3 is 0 Å². The van der Waals surface area contributed by atoms with Gasteiger partial charge in [-0.25, -0.2) is 17.5 Å². The molecule has 0 bridgehead atoms. The van der Waals surface area contributed by atoms with E-state index >= 15 is 0 Å². The summed E-state index contributed by atoms with van der Waals surface area (Å²) in [6.45, 7) is 3.65. The van der Waals surface area contributed by atoms with Crippen LogP contribution in [0.4, 0.5) is 4.39 Å². The molecular formula is C12H16Cl2FNO3S. The van der Waals surface area contributed by atoms with Gasteiger partial charge in [0.1, 0.15) is 4.90 Å². The van der Waals surface area contributed by atoms with Crippen LogP contribution in [0, 0.1) is 11.7 Å².